The fraction of sp³-hybridized carbons (Fsp3) is 0.346. The zero-order valence-electron chi connectivity index (χ0n) is 19.9. The summed E-state index contributed by atoms with van der Waals surface area (Å²) in [6.07, 6.45) is 6.58. The van der Waals surface area contributed by atoms with Gasteiger partial charge in [0, 0.05) is 48.6 Å². The van der Waals surface area contributed by atoms with Crippen molar-refractivity contribution < 1.29 is 23.3 Å². The topological polar surface area (TPSA) is 117 Å². The number of benzene rings is 1. The van der Waals surface area contributed by atoms with E-state index in [4.69, 9.17) is 4.52 Å². The number of nitrogens with zero attached hydrogens (tertiary/aromatic N) is 3. The summed E-state index contributed by atoms with van der Waals surface area (Å²) < 4.78 is 18.6. The lowest BCUT2D eigenvalue weighted by Gasteiger charge is -2.32. The number of rotatable bonds is 9. The molecule has 0 radical (unpaired) electrons. The summed E-state index contributed by atoms with van der Waals surface area (Å²) in [5.41, 5.74) is 0.845. The molecule has 4 rings (SSSR count). The van der Waals surface area contributed by atoms with Crippen LogP contribution in [-0.4, -0.2) is 33.9 Å². The summed E-state index contributed by atoms with van der Waals surface area (Å²) >= 11 is 0. The quantitative estimate of drug-likeness (QED) is 0.464. The van der Waals surface area contributed by atoms with E-state index in [-0.39, 0.29) is 30.6 Å². The van der Waals surface area contributed by atoms with Gasteiger partial charge in [-0.3, -0.25) is 24.3 Å². The van der Waals surface area contributed by atoms with Gasteiger partial charge in [-0.25, -0.2) is 4.39 Å². The van der Waals surface area contributed by atoms with Crippen molar-refractivity contribution in [1.29, 1.82) is 0 Å². The number of amides is 3. The zero-order valence-corrected chi connectivity index (χ0v) is 19.9. The lowest BCUT2D eigenvalue weighted by molar-refractivity contribution is -0.127. The fourth-order valence-corrected chi connectivity index (χ4v) is 4.32. The second-order valence-corrected chi connectivity index (χ2v) is 8.79. The van der Waals surface area contributed by atoms with Crippen LogP contribution in [0.5, 0.6) is 0 Å². The lowest BCUT2D eigenvalue weighted by atomic mass is 10.0. The number of pyridine rings is 1. The third-order valence-corrected chi connectivity index (χ3v) is 6.04. The molecule has 188 valence electrons. The van der Waals surface area contributed by atoms with Crippen molar-refractivity contribution in [3.63, 3.8) is 0 Å². The average molecular weight is 494 g/mol. The SMILES string of the molecule is Cc1cc(NC(=O)CCC(=O)N(c2ccc(F)cc2)[C@@H](C(=O)NC2CCCC2)c2cccnc2)no1. The largest absolute Gasteiger partial charge is 0.360 e. The Morgan fingerprint density at radius 1 is 1.14 bits per heavy atom. The molecule has 1 aromatic carbocycles. The van der Waals surface area contributed by atoms with E-state index in [9.17, 15) is 18.8 Å². The number of nitrogens with one attached hydrogen (secondary N) is 2. The minimum absolute atomic E-state index is 0.0264. The molecule has 0 spiro atoms. The second kappa shape index (κ2) is 11.6. The van der Waals surface area contributed by atoms with Gasteiger partial charge in [-0.05, 0) is 50.1 Å². The van der Waals surface area contributed by atoms with E-state index in [1.807, 2.05) is 0 Å². The molecule has 0 aliphatic heterocycles. The van der Waals surface area contributed by atoms with Gasteiger partial charge in [0.15, 0.2) is 5.82 Å². The molecule has 1 fully saturated rings. The second-order valence-electron chi connectivity index (χ2n) is 8.79. The molecule has 3 aromatic rings. The number of carbonyl (C=O) groups is 3. The average Bonchev–Trinajstić information content (AvgIpc) is 3.53. The highest BCUT2D eigenvalue weighted by Crippen LogP contribution is 2.30. The van der Waals surface area contributed by atoms with Crippen LogP contribution in [0.2, 0.25) is 0 Å². The summed E-state index contributed by atoms with van der Waals surface area (Å²) in [5, 5.41) is 9.36. The number of aromatic nitrogens is 2. The fourth-order valence-electron chi connectivity index (χ4n) is 4.32. The van der Waals surface area contributed by atoms with E-state index in [0.29, 0.717) is 17.0 Å². The molecule has 10 heteroatoms. The van der Waals surface area contributed by atoms with Crippen molar-refractivity contribution in [2.75, 3.05) is 10.2 Å². The minimum atomic E-state index is -1.04. The predicted molar refractivity (Wildman–Crippen MR) is 130 cm³/mol. The molecule has 1 atom stereocenters. The van der Waals surface area contributed by atoms with E-state index in [2.05, 4.69) is 20.8 Å². The molecule has 1 aliphatic carbocycles. The van der Waals surface area contributed by atoms with Crippen LogP contribution in [0, 0.1) is 12.7 Å². The summed E-state index contributed by atoms with van der Waals surface area (Å²) in [5.74, 6) is -0.926. The Bertz CT molecular complexity index is 1190. The Kier molecular flexibility index (Phi) is 8.04. The molecule has 0 saturated heterocycles. The van der Waals surface area contributed by atoms with Crippen molar-refractivity contribution in [1.82, 2.24) is 15.5 Å². The molecule has 1 aliphatic rings. The maximum absolute atomic E-state index is 13.7. The highest BCUT2D eigenvalue weighted by molar-refractivity contribution is 6.03. The monoisotopic (exact) mass is 493 g/mol. The van der Waals surface area contributed by atoms with Crippen molar-refractivity contribution in [3.8, 4) is 0 Å². The molecule has 0 bridgehead atoms. The molecule has 1 saturated carbocycles. The van der Waals surface area contributed by atoms with Gasteiger partial charge in [-0.2, -0.15) is 0 Å². The van der Waals surface area contributed by atoms with Crippen LogP contribution in [0.3, 0.4) is 0 Å². The number of anilines is 2. The number of carbonyl (C=O) groups excluding carboxylic acids is 3. The van der Waals surface area contributed by atoms with Gasteiger partial charge in [-0.15, -0.1) is 0 Å². The van der Waals surface area contributed by atoms with Crippen LogP contribution in [0.15, 0.2) is 59.4 Å². The summed E-state index contributed by atoms with van der Waals surface area (Å²) in [6.45, 7) is 1.70. The van der Waals surface area contributed by atoms with Gasteiger partial charge < -0.3 is 15.2 Å². The zero-order chi connectivity index (χ0) is 25.5. The van der Waals surface area contributed by atoms with Crippen LogP contribution < -0.4 is 15.5 Å². The predicted octanol–water partition coefficient (Wildman–Crippen LogP) is 4.07. The molecular weight excluding hydrogens is 465 g/mol. The third kappa shape index (κ3) is 6.32. The summed E-state index contributed by atoms with van der Waals surface area (Å²) in [6, 6.07) is 9.29. The molecule has 9 nitrogen and oxygen atoms in total. The Labute approximate surface area is 208 Å². The Morgan fingerprint density at radius 2 is 1.89 bits per heavy atom. The van der Waals surface area contributed by atoms with Gasteiger partial charge in [0.25, 0.3) is 0 Å². The molecule has 2 heterocycles. The first-order chi connectivity index (χ1) is 17.4. The molecule has 3 amide bonds. The van der Waals surface area contributed by atoms with E-state index in [1.54, 1.807) is 31.3 Å². The molecule has 2 aromatic heterocycles. The van der Waals surface area contributed by atoms with E-state index < -0.39 is 23.7 Å². The van der Waals surface area contributed by atoms with Crippen LogP contribution in [-0.2, 0) is 14.4 Å². The molecule has 2 N–H and O–H groups in total. The van der Waals surface area contributed by atoms with Crippen molar-refractivity contribution in [2.45, 2.75) is 57.5 Å². The number of halogens is 1. The van der Waals surface area contributed by atoms with Crippen LogP contribution in [0.1, 0.15) is 55.9 Å². The maximum Gasteiger partial charge on any atom is 0.248 e. The van der Waals surface area contributed by atoms with Gasteiger partial charge in [0.1, 0.15) is 17.6 Å². The van der Waals surface area contributed by atoms with Gasteiger partial charge >= 0.3 is 0 Å². The first-order valence-corrected chi connectivity index (χ1v) is 11.9. The van der Waals surface area contributed by atoms with Crippen LogP contribution >= 0.6 is 0 Å². The van der Waals surface area contributed by atoms with Gasteiger partial charge in [0.2, 0.25) is 17.7 Å². The van der Waals surface area contributed by atoms with Crippen LogP contribution in [0.4, 0.5) is 15.9 Å². The summed E-state index contributed by atoms with van der Waals surface area (Å²) in [4.78, 5) is 45.0. The smallest absolute Gasteiger partial charge is 0.248 e. The Hall–Kier alpha value is -4.08. The minimum Gasteiger partial charge on any atom is -0.360 e. The summed E-state index contributed by atoms with van der Waals surface area (Å²) in [7, 11) is 0. The number of aryl methyl sites for hydroxylation is 1. The number of hydrogen-bond acceptors (Lipinski definition) is 6. The standard InChI is InChI=1S/C26H28FN5O4/c1-17-15-22(31-36-17)30-23(33)12-13-24(34)32(21-10-8-19(27)9-11-21)25(18-5-4-14-28-16-18)26(35)29-20-6-2-3-7-20/h4-5,8-11,14-16,20,25H,2-3,6-7,12-13H2,1H3,(H,29,35)(H,30,31,33)/t25-/m1/s1. The Morgan fingerprint density at radius 3 is 2.53 bits per heavy atom. The molecular formula is C26H28FN5O4. The lowest BCUT2D eigenvalue weighted by Crippen LogP contribution is -2.46. The molecule has 36 heavy (non-hydrogen) atoms. The van der Waals surface area contributed by atoms with E-state index in [0.717, 1.165) is 25.7 Å². The van der Waals surface area contributed by atoms with E-state index in [1.165, 1.54) is 35.4 Å². The highest BCUT2D eigenvalue weighted by Gasteiger charge is 2.34. The van der Waals surface area contributed by atoms with E-state index >= 15 is 0 Å². The highest BCUT2D eigenvalue weighted by atomic mass is 19.1. The first kappa shape index (κ1) is 25.0. The van der Waals surface area contributed by atoms with Gasteiger partial charge in [-0.1, -0.05) is 24.1 Å². The van der Waals surface area contributed by atoms with Crippen molar-refractivity contribution >= 4 is 29.2 Å². The van der Waals surface area contributed by atoms with Crippen molar-refractivity contribution in [2.24, 2.45) is 0 Å². The van der Waals surface area contributed by atoms with Gasteiger partial charge in [0.05, 0.1) is 0 Å². The Balaban J connectivity index is 1.59. The van der Waals surface area contributed by atoms with Crippen LogP contribution in [0.25, 0.3) is 0 Å². The first-order valence-electron chi connectivity index (χ1n) is 11.9. The normalized spacial score (nSPS) is 14.3. The number of hydrogen-bond donors (Lipinski definition) is 2. The third-order valence-electron chi connectivity index (χ3n) is 6.04. The molecule has 0 unspecified atom stereocenters. The van der Waals surface area contributed by atoms with Crippen molar-refractivity contribution in [3.05, 3.63) is 72.0 Å². The maximum atomic E-state index is 13.7.